The third-order valence-electron chi connectivity index (χ3n) is 5.05. The van der Waals surface area contributed by atoms with Gasteiger partial charge in [-0.15, -0.1) is 11.3 Å². The number of thiophene rings is 1. The molecule has 3 heterocycles. The first-order valence-electron chi connectivity index (χ1n) is 9.32. The van der Waals surface area contributed by atoms with Crippen molar-refractivity contribution in [1.29, 1.82) is 0 Å². The number of nitrogens with zero attached hydrogens (tertiary/aromatic N) is 3. The molecule has 0 radical (unpaired) electrons. The summed E-state index contributed by atoms with van der Waals surface area (Å²) in [5, 5.41) is 6.23. The van der Waals surface area contributed by atoms with Gasteiger partial charge in [0.15, 0.2) is 5.82 Å². The van der Waals surface area contributed by atoms with Gasteiger partial charge in [-0.3, -0.25) is 4.79 Å². The fourth-order valence-corrected chi connectivity index (χ4v) is 4.15. The number of benzene rings is 1. The summed E-state index contributed by atoms with van der Waals surface area (Å²) < 4.78 is 37.8. The summed E-state index contributed by atoms with van der Waals surface area (Å²) in [5.41, 5.74) is 0.832. The van der Waals surface area contributed by atoms with E-state index in [1.807, 2.05) is 41.8 Å². The van der Waals surface area contributed by atoms with Crippen molar-refractivity contribution in [2.45, 2.75) is 19.0 Å². The number of carbonyl (C=O) groups is 1. The monoisotopic (exact) mass is 420 g/mol. The Morgan fingerprint density at radius 2 is 1.90 bits per heavy atom. The molecule has 1 saturated heterocycles. The van der Waals surface area contributed by atoms with E-state index in [0.717, 1.165) is 20.7 Å². The van der Waals surface area contributed by atoms with Crippen molar-refractivity contribution in [3.8, 4) is 10.7 Å². The third kappa shape index (κ3) is 4.34. The number of amides is 1. The second-order valence-corrected chi connectivity index (χ2v) is 7.95. The van der Waals surface area contributed by atoms with Crippen molar-refractivity contribution in [2.24, 2.45) is 5.92 Å². The first kappa shape index (κ1) is 19.6. The van der Waals surface area contributed by atoms with Crippen molar-refractivity contribution in [1.82, 2.24) is 14.9 Å². The lowest BCUT2D eigenvalue weighted by Gasteiger charge is -2.32. The molecule has 29 heavy (non-hydrogen) atoms. The Morgan fingerprint density at radius 3 is 2.59 bits per heavy atom. The Bertz CT molecular complexity index is 999. The number of aromatic nitrogens is 2. The number of hydrogen-bond donors (Lipinski definition) is 1. The molecular formula is C20H19F3N4OS. The highest BCUT2D eigenvalue weighted by Gasteiger charge is 2.43. The van der Waals surface area contributed by atoms with Crippen molar-refractivity contribution in [3.05, 3.63) is 41.8 Å². The molecule has 5 nitrogen and oxygen atoms in total. The number of rotatable bonds is 4. The van der Waals surface area contributed by atoms with E-state index < -0.39 is 12.1 Å². The molecule has 152 valence electrons. The Hall–Kier alpha value is -2.68. The number of piperidine rings is 1. The zero-order valence-electron chi connectivity index (χ0n) is 15.4. The van der Waals surface area contributed by atoms with Crippen LogP contribution in [0.4, 0.5) is 19.0 Å². The van der Waals surface area contributed by atoms with Gasteiger partial charge in [0.1, 0.15) is 5.82 Å². The molecule has 0 spiro atoms. The van der Waals surface area contributed by atoms with Gasteiger partial charge in [0.25, 0.3) is 0 Å². The zero-order chi connectivity index (χ0) is 20.4. The van der Waals surface area contributed by atoms with Crippen LogP contribution in [-0.2, 0) is 4.79 Å². The predicted octanol–water partition coefficient (Wildman–Crippen LogP) is 4.57. The van der Waals surface area contributed by atoms with Crippen LogP contribution in [0.3, 0.4) is 0 Å². The molecule has 1 aliphatic heterocycles. The first-order valence-corrected chi connectivity index (χ1v) is 10.2. The van der Waals surface area contributed by atoms with Crippen molar-refractivity contribution in [2.75, 3.05) is 25.0 Å². The number of carbonyl (C=O) groups excluding carboxylic acids is 1. The molecule has 0 saturated carbocycles. The zero-order valence-corrected chi connectivity index (χ0v) is 16.3. The van der Waals surface area contributed by atoms with Crippen molar-refractivity contribution >= 4 is 34.0 Å². The van der Waals surface area contributed by atoms with Gasteiger partial charge >= 0.3 is 12.1 Å². The molecular weight excluding hydrogens is 401 g/mol. The lowest BCUT2D eigenvalue weighted by atomic mass is 9.96. The quantitative estimate of drug-likeness (QED) is 0.672. The highest BCUT2D eigenvalue weighted by Crippen LogP contribution is 2.28. The number of alkyl halides is 3. The first-order chi connectivity index (χ1) is 13.9. The smallest absolute Gasteiger partial charge is 0.369 e. The van der Waals surface area contributed by atoms with E-state index in [0.29, 0.717) is 31.0 Å². The summed E-state index contributed by atoms with van der Waals surface area (Å²) in [6.45, 7) is 0.824. The highest BCUT2D eigenvalue weighted by atomic mass is 32.1. The second kappa shape index (κ2) is 7.98. The highest BCUT2D eigenvalue weighted by molar-refractivity contribution is 7.13. The number of likely N-dealkylation sites (tertiary alicyclic amines) is 1. The van der Waals surface area contributed by atoms with Crippen LogP contribution in [0.2, 0.25) is 0 Å². The van der Waals surface area contributed by atoms with E-state index in [2.05, 4.69) is 15.3 Å². The Labute approximate surface area is 169 Å². The predicted molar refractivity (Wildman–Crippen MR) is 107 cm³/mol. The van der Waals surface area contributed by atoms with E-state index in [4.69, 9.17) is 0 Å². The summed E-state index contributed by atoms with van der Waals surface area (Å²) in [4.78, 5) is 22.5. The number of halogens is 3. The molecule has 0 aliphatic carbocycles. The summed E-state index contributed by atoms with van der Waals surface area (Å²) in [6, 6.07) is 11.6. The number of anilines is 1. The molecule has 1 fully saturated rings. The Morgan fingerprint density at radius 1 is 1.14 bits per heavy atom. The van der Waals surface area contributed by atoms with Gasteiger partial charge in [0, 0.05) is 25.0 Å². The number of para-hydroxylation sites is 1. The maximum Gasteiger partial charge on any atom is 0.471 e. The topological polar surface area (TPSA) is 58.1 Å². The SMILES string of the molecule is O=C(N1CCC(CNc2nc(-c3cccs3)nc3ccccc23)CC1)C(F)(F)F. The van der Waals surface area contributed by atoms with Crippen LogP contribution < -0.4 is 5.32 Å². The summed E-state index contributed by atoms with van der Waals surface area (Å²) in [5.74, 6) is -0.211. The average Bonchev–Trinajstić information content (AvgIpc) is 3.26. The standard InChI is InChI=1S/C20H19F3N4OS/c21-20(22,23)19(28)27-9-7-13(8-10-27)12-24-17-14-4-1-2-5-15(14)25-18(26-17)16-6-3-11-29-16/h1-6,11,13H,7-10,12H2,(H,24,25,26). The molecule has 9 heteroatoms. The molecule has 0 atom stereocenters. The second-order valence-electron chi connectivity index (χ2n) is 7.00. The van der Waals surface area contributed by atoms with Crippen LogP contribution in [0.25, 0.3) is 21.6 Å². The van der Waals surface area contributed by atoms with Crippen molar-refractivity contribution < 1.29 is 18.0 Å². The van der Waals surface area contributed by atoms with E-state index in [1.165, 1.54) is 0 Å². The van der Waals surface area contributed by atoms with Gasteiger partial charge in [0.2, 0.25) is 0 Å². The van der Waals surface area contributed by atoms with Crippen LogP contribution >= 0.6 is 11.3 Å². The average molecular weight is 420 g/mol. The molecule has 4 rings (SSSR count). The van der Waals surface area contributed by atoms with Crippen molar-refractivity contribution in [3.63, 3.8) is 0 Å². The maximum absolute atomic E-state index is 12.6. The van der Waals surface area contributed by atoms with Crippen LogP contribution in [0.15, 0.2) is 41.8 Å². The molecule has 2 aromatic heterocycles. The summed E-state index contributed by atoms with van der Waals surface area (Å²) in [7, 11) is 0. The van der Waals surface area contributed by atoms with Crippen LogP contribution in [0.1, 0.15) is 12.8 Å². The molecule has 1 aromatic carbocycles. The number of fused-ring (bicyclic) bond motifs is 1. The van der Waals surface area contributed by atoms with Gasteiger partial charge < -0.3 is 10.2 Å². The third-order valence-corrected chi connectivity index (χ3v) is 5.91. The van der Waals surface area contributed by atoms with Gasteiger partial charge in [-0.1, -0.05) is 18.2 Å². The van der Waals surface area contributed by atoms with E-state index in [9.17, 15) is 18.0 Å². The molecule has 0 bridgehead atoms. The molecule has 1 N–H and O–H groups in total. The van der Waals surface area contributed by atoms with Gasteiger partial charge in [-0.05, 0) is 42.3 Å². The van der Waals surface area contributed by atoms with E-state index in [1.54, 1.807) is 11.3 Å². The maximum atomic E-state index is 12.6. The molecule has 3 aromatic rings. The normalized spacial score (nSPS) is 15.6. The van der Waals surface area contributed by atoms with E-state index >= 15 is 0 Å². The van der Waals surface area contributed by atoms with Gasteiger partial charge in [-0.25, -0.2) is 9.97 Å². The fraction of sp³-hybridized carbons (Fsp3) is 0.350. The minimum atomic E-state index is -4.80. The Kier molecular flexibility index (Phi) is 5.40. The lowest BCUT2D eigenvalue weighted by Crippen LogP contribution is -2.46. The molecule has 0 unspecified atom stereocenters. The van der Waals surface area contributed by atoms with E-state index in [-0.39, 0.29) is 19.0 Å². The lowest BCUT2D eigenvalue weighted by molar-refractivity contribution is -0.186. The Balaban J connectivity index is 1.46. The van der Waals surface area contributed by atoms with Crippen LogP contribution in [0, 0.1) is 5.92 Å². The summed E-state index contributed by atoms with van der Waals surface area (Å²) >= 11 is 1.56. The van der Waals surface area contributed by atoms with Crippen LogP contribution in [-0.4, -0.2) is 46.6 Å². The minimum absolute atomic E-state index is 0.121. The van der Waals surface area contributed by atoms with Gasteiger partial charge in [0.05, 0.1) is 10.4 Å². The number of nitrogens with one attached hydrogen (secondary N) is 1. The molecule has 1 amide bonds. The minimum Gasteiger partial charge on any atom is -0.369 e. The van der Waals surface area contributed by atoms with Crippen LogP contribution in [0.5, 0.6) is 0 Å². The largest absolute Gasteiger partial charge is 0.471 e. The van der Waals surface area contributed by atoms with Gasteiger partial charge in [-0.2, -0.15) is 13.2 Å². The number of hydrogen-bond acceptors (Lipinski definition) is 5. The summed E-state index contributed by atoms with van der Waals surface area (Å²) in [6.07, 6.45) is -3.76. The molecule has 1 aliphatic rings. The fourth-order valence-electron chi connectivity index (χ4n) is 3.49.